The number of hydrogen-bond donors (Lipinski definition) is 1. The van der Waals surface area contributed by atoms with Crippen LogP contribution in [0.4, 0.5) is 0 Å². The molecule has 1 unspecified atom stereocenters. The zero-order valence-electron chi connectivity index (χ0n) is 13.9. The number of hydrogen-bond acceptors (Lipinski definition) is 4. The molecule has 2 N–H and O–H groups in total. The quantitative estimate of drug-likeness (QED) is 0.824. The Morgan fingerprint density at radius 3 is 2.39 bits per heavy atom. The summed E-state index contributed by atoms with van der Waals surface area (Å²) in [6.07, 6.45) is 6.30. The van der Waals surface area contributed by atoms with Crippen molar-refractivity contribution in [3.05, 3.63) is 0 Å². The molecule has 23 heavy (non-hydrogen) atoms. The fourth-order valence-electron chi connectivity index (χ4n) is 4.03. The van der Waals surface area contributed by atoms with Crippen LogP contribution in [-0.2, 0) is 9.53 Å². The zero-order chi connectivity index (χ0) is 14.7. The molecule has 7 heteroatoms. The summed E-state index contributed by atoms with van der Waals surface area (Å²) < 4.78 is 5.39. The predicted octanol–water partition coefficient (Wildman–Crippen LogP) is 1.67. The largest absolute Gasteiger partial charge is 0.379 e. The number of halogens is 2. The van der Waals surface area contributed by atoms with Gasteiger partial charge in [-0.15, -0.1) is 24.8 Å². The van der Waals surface area contributed by atoms with Gasteiger partial charge in [-0.1, -0.05) is 19.3 Å². The van der Waals surface area contributed by atoms with Crippen LogP contribution in [0.5, 0.6) is 0 Å². The number of carbonyl (C=O) groups is 1. The predicted molar refractivity (Wildman–Crippen MR) is 96.4 cm³/mol. The second kappa shape index (κ2) is 9.42. The molecule has 1 aliphatic carbocycles. The number of morpholine rings is 1. The van der Waals surface area contributed by atoms with Crippen LogP contribution >= 0.6 is 24.8 Å². The Morgan fingerprint density at radius 2 is 1.74 bits per heavy atom. The summed E-state index contributed by atoms with van der Waals surface area (Å²) in [4.78, 5) is 17.2. The highest BCUT2D eigenvalue weighted by Gasteiger charge is 2.40. The molecule has 0 aromatic heterocycles. The van der Waals surface area contributed by atoms with Crippen LogP contribution in [0.2, 0.25) is 0 Å². The van der Waals surface area contributed by atoms with E-state index in [9.17, 15) is 4.79 Å². The molecule has 0 aromatic carbocycles. The molecule has 0 spiro atoms. The standard InChI is InChI=1S/C16H29N3O2.2ClH/c17-16(5-2-1-3-6-16)15(20)19-7-4-14(13-19)12-18-8-10-21-11-9-18;;/h14H,1-13,17H2;2*1H. The van der Waals surface area contributed by atoms with Crippen molar-refractivity contribution >= 4 is 30.7 Å². The van der Waals surface area contributed by atoms with Gasteiger partial charge in [-0.3, -0.25) is 9.69 Å². The van der Waals surface area contributed by atoms with Crippen molar-refractivity contribution < 1.29 is 9.53 Å². The van der Waals surface area contributed by atoms with Crippen molar-refractivity contribution in [2.45, 2.75) is 44.1 Å². The second-order valence-corrected chi connectivity index (χ2v) is 7.04. The lowest BCUT2D eigenvalue weighted by molar-refractivity contribution is -0.137. The van der Waals surface area contributed by atoms with Crippen LogP contribution in [-0.4, -0.2) is 67.2 Å². The molecule has 3 rings (SSSR count). The highest BCUT2D eigenvalue weighted by atomic mass is 35.5. The SMILES string of the molecule is Cl.Cl.NC1(C(=O)N2CCC(CN3CCOCC3)C2)CCCCC1. The minimum absolute atomic E-state index is 0. The molecular formula is C16H31Cl2N3O2. The van der Waals surface area contributed by atoms with Crippen molar-refractivity contribution in [3.63, 3.8) is 0 Å². The fourth-order valence-corrected chi connectivity index (χ4v) is 4.03. The molecule has 1 atom stereocenters. The van der Waals surface area contributed by atoms with Gasteiger partial charge in [0.1, 0.15) is 0 Å². The van der Waals surface area contributed by atoms with Crippen molar-refractivity contribution in [2.75, 3.05) is 45.9 Å². The van der Waals surface area contributed by atoms with Crippen molar-refractivity contribution in [1.82, 2.24) is 9.80 Å². The normalized spacial score (nSPS) is 27.9. The average Bonchev–Trinajstić information content (AvgIpc) is 2.96. The zero-order valence-corrected chi connectivity index (χ0v) is 15.5. The van der Waals surface area contributed by atoms with Crippen molar-refractivity contribution in [2.24, 2.45) is 11.7 Å². The molecule has 2 heterocycles. The summed E-state index contributed by atoms with van der Waals surface area (Å²) in [5, 5.41) is 0. The molecule has 5 nitrogen and oxygen atoms in total. The van der Waals surface area contributed by atoms with Crippen LogP contribution in [0.15, 0.2) is 0 Å². The number of ether oxygens (including phenoxy) is 1. The lowest BCUT2D eigenvalue weighted by Gasteiger charge is -2.35. The van der Waals surface area contributed by atoms with E-state index in [1.807, 2.05) is 4.90 Å². The molecule has 0 radical (unpaired) electrons. The number of nitrogens with two attached hydrogens (primary N) is 1. The van der Waals surface area contributed by atoms with Gasteiger partial charge in [0, 0.05) is 32.7 Å². The van der Waals surface area contributed by atoms with E-state index >= 15 is 0 Å². The lowest BCUT2D eigenvalue weighted by atomic mass is 9.81. The molecular weight excluding hydrogens is 337 g/mol. The van der Waals surface area contributed by atoms with E-state index in [0.717, 1.165) is 78.0 Å². The van der Waals surface area contributed by atoms with Crippen LogP contribution < -0.4 is 5.73 Å². The van der Waals surface area contributed by atoms with Gasteiger partial charge in [-0.25, -0.2) is 0 Å². The maximum absolute atomic E-state index is 12.7. The number of amides is 1. The second-order valence-electron chi connectivity index (χ2n) is 7.04. The molecule has 3 aliphatic rings. The first-order valence-corrected chi connectivity index (χ1v) is 8.56. The molecule has 1 amide bonds. The van der Waals surface area contributed by atoms with Gasteiger partial charge in [0.15, 0.2) is 0 Å². The van der Waals surface area contributed by atoms with E-state index in [4.69, 9.17) is 10.5 Å². The summed E-state index contributed by atoms with van der Waals surface area (Å²) in [6.45, 7) is 6.66. The van der Waals surface area contributed by atoms with Gasteiger partial charge in [0.2, 0.25) is 5.91 Å². The van der Waals surface area contributed by atoms with Crippen molar-refractivity contribution in [3.8, 4) is 0 Å². The minimum atomic E-state index is -0.563. The van der Waals surface area contributed by atoms with E-state index in [1.54, 1.807) is 0 Å². The number of likely N-dealkylation sites (tertiary alicyclic amines) is 1. The first kappa shape index (κ1) is 21.0. The van der Waals surface area contributed by atoms with Gasteiger partial charge in [-0.2, -0.15) is 0 Å². The Labute approximate surface area is 152 Å². The van der Waals surface area contributed by atoms with E-state index in [-0.39, 0.29) is 30.7 Å². The summed E-state index contributed by atoms with van der Waals surface area (Å²) in [5.74, 6) is 0.825. The van der Waals surface area contributed by atoms with Gasteiger partial charge >= 0.3 is 0 Å². The highest BCUT2D eigenvalue weighted by molar-refractivity contribution is 5.86. The smallest absolute Gasteiger partial charge is 0.242 e. The molecule has 1 saturated carbocycles. The Balaban J connectivity index is 0.00000132. The van der Waals surface area contributed by atoms with Gasteiger partial charge in [0.05, 0.1) is 18.8 Å². The molecule has 136 valence electrons. The number of rotatable bonds is 3. The Hall–Kier alpha value is -0.0700. The molecule has 0 aromatic rings. The third-order valence-electron chi connectivity index (χ3n) is 5.36. The molecule has 3 fully saturated rings. The topological polar surface area (TPSA) is 58.8 Å². The summed E-state index contributed by atoms with van der Waals surface area (Å²) in [5.41, 5.74) is 5.83. The first-order chi connectivity index (χ1) is 10.2. The molecule has 2 saturated heterocycles. The van der Waals surface area contributed by atoms with Crippen LogP contribution in [0.25, 0.3) is 0 Å². The summed E-state index contributed by atoms with van der Waals surface area (Å²) in [7, 11) is 0. The fraction of sp³-hybridized carbons (Fsp3) is 0.938. The molecule has 2 aliphatic heterocycles. The van der Waals surface area contributed by atoms with E-state index in [2.05, 4.69) is 4.90 Å². The van der Waals surface area contributed by atoms with Gasteiger partial charge < -0.3 is 15.4 Å². The number of nitrogens with zero attached hydrogens (tertiary/aromatic N) is 2. The minimum Gasteiger partial charge on any atom is -0.379 e. The summed E-state index contributed by atoms with van der Waals surface area (Å²) in [6, 6.07) is 0. The maximum atomic E-state index is 12.7. The Kier molecular flexibility index (Phi) is 8.59. The lowest BCUT2D eigenvalue weighted by Crippen LogP contribution is -2.55. The maximum Gasteiger partial charge on any atom is 0.242 e. The highest BCUT2D eigenvalue weighted by Crippen LogP contribution is 2.30. The van der Waals surface area contributed by atoms with E-state index in [1.165, 1.54) is 6.42 Å². The van der Waals surface area contributed by atoms with Crippen LogP contribution in [0.1, 0.15) is 38.5 Å². The number of carbonyl (C=O) groups excluding carboxylic acids is 1. The summed E-state index contributed by atoms with van der Waals surface area (Å²) >= 11 is 0. The first-order valence-electron chi connectivity index (χ1n) is 8.56. The van der Waals surface area contributed by atoms with Crippen molar-refractivity contribution in [1.29, 1.82) is 0 Å². The van der Waals surface area contributed by atoms with Crippen LogP contribution in [0.3, 0.4) is 0 Å². The van der Waals surface area contributed by atoms with Gasteiger partial charge in [-0.05, 0) is 25.2 Å². The Morgan fingerprint density at radius 1 is 1.09 bits per heavy atom. The average molecular weight is 368 g/mol. The monoisotopic (exact) mass is 367 g/mol. The molecule has 0 bridgehead atoms. The van der Waals surface area contributed by atoms with Gasteiger partial charge in [0.25, 0.3) is 0 Å². The van der Waals surface area contributed by atoms with E-state index < -0.39 is 5.54 Å². The van der Waals surface area contributed by atoms with E-state index in [0.29, 0.717) is 5.92 Å². The third-order valence-corrected chi connectivity index (χ3v) is 5.36. The van der Waals surface area contributed by atoms with Crippen LogP contribution in [0, 0.1) is 5.92 Å². The Bertz CT molecular complexity index is 372. The third kappa shape index (κ3) is 5.20.